The normalized spacial score (nSPS) is 18.2. The molecule has 1 aliphatic heterocycles. The fraction of sp³-hybridized carbons (Fsp3) is 0.348. The van der Waals surface area contributed by atoms with Gasteiger partial charge in [-0.05, 0) is 44.0 Å². The fourth-order valence-electron chi connectivity index (χ4n) is 4.04. The van der Waals surface area contributed by atoms with Gasteiger partial charge >= 0.3 is 0 Å². The molecule has 2 atom stereocenters. The zero-order valence-corrected chi connectivity index (χ0v) is 16.0. The van der Waals surface area contributed by atoms with Crippen LogP contribution in [0, 0.1) is 6.92 Å². The van der Waals surface area contributed by atoms with E-state index < -0.39 is 0 Å². The number of para-hydroxylation sites is 1. The number of nitrogens with zero attached hydrogens (tertiary/aromatic N) is 1. The number of nitrogens with one attached hydrogen (secondary N) is 2. The maximum Gasteiger partial charge on any atom is 0.145 e. The SMILES string of the molecule is COc1cccc2c(N[C@@H](c3ccccc3)[C@@H]3CCCCN3)cc(C)nc12. The summed E-state index contributed by atoms with van der Waals surface area (Å²) in [5.74, 6) is 0.811. The smallest absolute Gasteiger partial charge is 0.145 e. The Morgan fingerprint density at radius 3 is 2.70 bits per heavy atom. The molecule has 2 aromatic carbocycles. The molecule has 4 nitrogen and oxygen atoms in total. The van der Waals surface area contributed by atoms with Crippen LogP contribution in [0.2, 0.25) is 0 Å². The quantitative estimate of drug-likeness (QED) is 0.682. The molecule has 0 radical (unpaired) electrons. The average Bonchev–Trinajstić information content (AvgIpc) is 2.72. The van der Waals surface area contributed by atoms with Crippen LogP contribution in [0.25, 0.3) is 10.9 Å². The molecule has 0 spiro atoms. The highest BCUT2D eigenvalue weighted by Crippen LogP contribution is 2.34. The second-order valence-corrected chi connectivity index (χ2v) is 7.26. The third-order valence-corrected chi connectivity index (χ3v) is 5.37. The zero-order valence-electron chi connectivity index (χ0n) is 16.0. The van der Waals surface area contributed by atoms with Crippen LogP contribution in [-0.2, 0) is 0 Å². The molecule has 140 valence electrons. The molecule has 4 rings (SSSR count). The number of rotatable bonds is 5. The molecule has 0 aliphatic carbocycles. The van der Waals surface area contributed by atoms with Gasteiger partial charge in [-0.25, -0.2) is 4.98 Å². The highest BCUT2D eigenvalue weighted by atomic mass is 16.5. The summed E-state index contributed by atoms with van der Waals surface area (Å²) in [5, 5.41) is 8.66. The van der Waals surface area contributed by atoms with Crippen molar-refractivity contribution in [1.29, 1.82) is 0 Å². The van der Waals surface area contributed by atoms with Crippen LogP contribution in [-0.4, -0.2) is 24.7 Å². The highest BCUT2D eigenvalue weighted by molar-refractivity contribution is 5.95. The van der Waals surface area contributed by atoms with Crippen LogP contribution in [0.3, 0.4) is 0 Å². The number of methoxy groups -OCH3 is 1. The van der Waals surface area contributed by atoms with Crippen molar-refractivity contribution < 1.29 is 4.74 Å². The molecular formula is C23H27N3O. The molecule has 1 aromatic heterocycles. The Kier molecular flexibility index (Phi) is 5.26. The second-order valence-electron chi connectivity index (χ2n) is 7.26. The Morgan fingerprint density at radius 1 is 1.11 bits per heavy atom. The monoisotopic (exact) mass is 361 g/mol. The standard InChI is InChI=1S/C23H27N3O/c1-16-15-20(18-11-8-13-21(27-2)23(18)25-16)26-22(17-9-4-3-5-10-17)19-12-6-7-14-24-19/h3-5,8-11,13,15,19,22,24H,6-7,12,14H2,1-2H3,(H,25,26)/t19-,22-/m0/s1. The number of anilines is 1. The first kappa shape index (κ1) is 17.8. The highest BCUT2D eigenvalue weighted by Gasteiger charge is 2.25. The molecule has 1 saturated heterocycles. The summed E-state index contributed by atoms with van der Waals surface area (Å²) in [6.07, 6.45) is 3.71. The largest absolute Gasteiger partial charge is 0.494 e. The van der Waals surface area contributed by atoms with Crippen LogP contribution in [0.15, 0.2) is 54.6 Å². The first-order valence-electron chi connectivity index (χ1n) is 9.75. The van der Waals surface area contributed by atoms with Gasteiger partial charge in [0.15, 0.2) is 0 Å². The molecule has 2 heterocycles. The van der Waals surface area contributed by atoms with Gasteiger partial charge in [-0.1, -0.05) is 48.9 Å². The van der Waals surface area contributed by atoms with Crippen molar-refractivity contribution in [3.63, 3.8) is 0 Å². The molecule has 4 heteroatoms. The van der Waals surface area contributed by atoms with Gasteiger partial charge in [0.1, 0.15) is 11.3 Å². The number of piperidine rings is 1. The summed E-state index contributed by atoms with van der Waals surface area (Å²) in [6, 6.07) is 19.6. The van der Waals surface area contributed by atoms with Gasteiger partial charge in [-0.2, -0.15) is 0 Å². The molecule has 1 aliphatic rings. The molecule has 27 heavy (non-hydrogen) atoms. The van der Waals surface area contributed by atoms with E-state index in [0.29, 0.717) is 6.04 Å². The molecule has 2 N–H and O–H groups in total. The van der Waals surface area contributed by atoms with Crippen LogP contribution >= 0.6 is 0 Å². The van der Waals surface area contributed by atoms with Crippen LogP contribution in [0.1, 0.15) is 36.6 Å². The zero-order chi connectivity index (χ0) is 18.6. The van der Waals surface area contributed by atoms with E-state index in [1.165, 1.54) is 24.8 Å². The van der Waals surface area contributed by atoms with Crippen molar-refractivity contribution in [2.75, 3.05) is 19.0 Å². The predicted molar refractivity (Wildman–Crippen MR) is 111 cm³/mol. The summed E-state index contributed by atoms with van der Waals surface area (Å²) in [5.41, 5.74) is 4.31. The number of aryl methyl sites for hydroxylation is 1. The molecule has 0 saturated carbocycles. The van der Waals surface area contributed by atoms with E-state index in [9.17, 15) is 0 Å². The minimum atomic E-state index is 0.211. The summed E-state index contributed by atoms with van der Waals surface area (Å²) in [4.78, 5) is 4.72. The van der Waals surface area contributed by atoms with Crippen molar-refractivity contribution >= 4 is 16.6 Å². The van der Waals surface area contributed by atoms with E-state index in [1.807, 2.05) is 19.1 Å². The summed E-state index contributed by atoms with van der Waals surface area (Å²) in [6.45, 7) is 3.12. The summed E-state index contributed by atoms with van der Waals surface area (Å²) < 4.78 is 5.54. The van der Waals surface area contributed by atoms with Gasteiger partial charge in [-0.15, -0.1) is 0 Å². The van der Waals surface area contributed by atoms with E-state index >= 15 is 0 Å². The van der Waals surface area contributed by atoms with Gasteiger partial charge in [0.25, 0.3) is 0 Å². The van der Waals surface area contributed by atoms with Crippen molar-refractivity contribution in [3.8, 4) is 5.75 Å². The second kappa shape index (κ2) is 7.97. The average molecular weight is 361 g/mol. The maximum absolute atomic E-state index is 5.54. The number of aromatic nitrogens is 1. The summed E-state index contributed by atoms with van der Waals surface area (Å²) in [7, 11) is 1.70. The molecule has 3 aromatic rings. The van der Waals surface area contributed by atoms with E-state index in [2.05, 4.69) is 53.1 Å². The Labute approximate surface area is 161 Å². The van der Waals surface area contributed by atoms with Gasteiger partial charge < -0.3 is 15.4 Å². The van der Waals surface area contributed by atoms with E-state index in [4.69, 9.17) is 9.72 Å². The fourth-order valence-corrected chi connectivity index (χ4v) is 4.04. The van der Waals surface area contributed by atoms with Crippen LogP contribution in [0.4, 0.5) is 5.69 Å². The van der Waals surface area contributed by atoms with Crippen molar-refractivity contribution in [1.82, 2.24) is 10.3 Å². The maximum atomic E-state index is 5.54. The van der Waals surface area contributed by atoms with E-state index in [0.717, 1.165) is 34.6 Å². The number of fused-ring (bicyclic) bond motifs is 1. The molecule has 0 unspecified atom stereocenters. The predicted octanol–water partition coefficient (Wildman–Crippen LogP) is 4.85. The minimum absolute atomic E-state index is 0.211. The third kappa shape index (κ3) is 3.76. The molecular weight excluding hydrogens is 334 g/mol. The molecule has 1 fully saturated rings. The van der Waals surface area contributed by atoms with Gasteiger partial charge in [0, 0.05) is 22.8 Å². The van der Waals surface area contributed by atoms with E-state index in [1.54, 1.807) is 7.11 Å². The third-order valence-electron chi connectivity index (χ3n) is 5.37. The number of benzene rings is 2. The van der Waals surface area contributed by atoms with Crippen LogP contribution < -0.4 is 15.4 Å². The number of hydrogen-bond donors (Lipinski definition) is 2. The number of hydrogen-bond acceptors (Lipinski definition) is 4. The summed E-state index contributed by atoms with van der Waals surface area (Å²) >= 11 is 0. The Bertz CT molecular complexity index is 904. The van der Waals surface area contributed by atoms with Crippen LogP contribution in [0.5, 0.6) is 5.75 Å². The lowest BCUT2D eigenvalue weighted by molar-refractivity contribution is 0.366. The van der Waals surface area contributed by atoms with Crippen molar-refractivity contribution in [3.05, 3.63) is 65.9 Å². The first-order valence-corrected chi connectivity index (χ1v) is 9.75. The van der Waals surface area contributed by atoms with Gasteiger partial charge in [-0.3, -0.25) is 0 Å². The Morgan fingerprint density at radius 2 is 1.96 bits per heavy atom. The lowest BCUT2D eigenvalue weighted by atomic mass is 9.92. The molecule has 0 bridgehead atoms. The van der Waals surface area contributed by atoms with Gasteiger partial charge in [0.2, 0.25) is 0 Å². The van der Waals surface area contributed by atoms with Gasteiger partial charge in [0.05, 0.1) is 13.2 Å². The Balaban J connectivity index is 1.77. The molecule has 0 amide bonds. The number of ether oxygens (including phenoxy) is 1. The van der Waals surface area contributed by atoms with Crippen molar-refractivity contribution in [2.24, 2.45) is 0 Å². The number of pyridine rings is 1. The Hall–Kier alpha value is -2.59. The minimum Gasteiger partial charge on any atom is -0.494 e. The van der Waals surface area contributed by atoms with Crippen molar-refractivity contribution in [2.45, 2.75) is 38.3 Å². The lowest BCUT2D eigenvalue weighted by Crippen LogP contribution is -2.41. The van der Waals surface area contributed by atoms with E-state index in [-0.39, 0.29) is 6.04 Å². The lowest BCUT2D eigenvalue weighted by Gasteiger charge is -2.33. The first-order chi connectivity index (χ1) is 13.3. The topological polar surface area (TPSA) is 46.2 Å².